The van der Waals surface area contributed by atoms with Gasteiger partial charge in [0.15, 0.2) is 0 Å². The number of rotatable bonds is 2. The number of ether oxygens (including phenoxy) is 1. The van der Waals surface area contributed by atoms with Crippen molar-refractivity contribution in [3.05, 3.63) is 29.8 Å². The number of hydrogen-bond donors (Lipinski definition) is 1. The Morgan fingerprint density at radius 1 is 1.00 bits per heavy atom. The zero-order chi connectivity index (χ0) is 15.7. The molecule has 0 radical (unpaired) electrons. The van der Waals surface area contributed by atoms with E-state index in [1.54, 1.807) is 0 Å². The third kappa shape index (κ3) is 4.26. The number of piperidine rings is 1. The summed E-state index contributed by atoms with van der Waals surface area (Å²) in [5.41, 5.74) is 0.0868. The van der Waals surface area contributed by atoms with E-state index >= 15 is 0 Å². The Morgan fingerprint density at radius 2 is 1.67 bits per heavy atom. The van der Waals surface area contributed by atoms with Gasteiger partial charge in [0.2, 0.25) is 0 Å². The van der Waals surface area contributed by atoms with Crippen molar-refractivity contribution in [2.24, 2.45) is 0 Å². The second-order valence-corrected chi connectivity index (χ2v) is 4.83. The number of para-hydroxylation sites is 1. The molecule has 2 atom stereocenters. The first-order valence-corrected chi connectivity index (χ1v) is 6.34. The van der Waals surface area contributed by atoms with Gasteiger partial charge in [-0.25, -0.2) is 0 Å². The molecule has 1 aliphatic rings. The molecule has 8 heteroatoms. The van der Waals surface area contributed by atoms with Crippen molar-refractivity contribution in [2.45, 2.75) is 43.9 Å². The van der Waals surface area contributed by atoms with Gasteiger partial charge in [0, 0.05) is 11.6 Å². The van der Waals surface area contributed by atoms with Crippen LogP contribution < -0.4 is 10.1 Å². The van der Waals surface area contributed by atoms with Crippen molar-refractivity contribution in [3.8, 4) is 5.75 Å². The molecule has 0 saturated carbocycles. The van der Waals surface area contributed by atoms with Gasteiger partial charge >= 0.3 is 12.5 Å². The minimum atomic E-state index is -4.88. The van der Waals surface area contributed by atoms with Gasteiger partial charge in [-0.15, -0.1) is 13.2 Å². The van der Waals surface area contributed by atoms with Gasteiger partial charge < -0.3 is 4.74 Å². The van der Waals surface area contributed by atoms with E-state index < -0.39 is 30.4 Å². The molecule has 0 spiro atoms. The van der Waals surface area contributed by atoms with Gasteiger partial charge in [0.1, 0.15) is 11.8 Å². The van der Waals surface area contributed by atoms with Gasteiger partial charge in [-0.05, 0) is 25.3 Å². The van der Waals surface area contributed by atoms with Crippen LogP contribution in [0, 0.1) is 0 Å². The van der Waals surface area contributed by atoms with Gasteiger partial charge in [0.05, 0.1) is 0 Å². The molecule has 0 aromatic heterocycles. The van der Waals surface area contributed by atoms with Crippen LogP contribution in [-0.2, 0) is 0 Å². The molecule has 118 valence electrons. The number of alkyl halides is 6. The highest BCUT2D eigenvalue weighted by Gasteiger charge is 2.43. The summed E-state index contributed by atoms with van der Waals surface area (Å²) in [6.45, 7) is 0. The molecule has 1 aromatic rings. The van der Waals surface area contributed by atoms with E-state index in [1.807, 2.05) is 0 Å². The summed E-state index contributed by atoms with van der Waals surface area (Å²) < 4.78 is 79.1. The van der Waals surface area contributed by atoms with Crippen molar-refractivity contribution in [2.75, 3.05) is 0 Å². The molecule has 1 heterocycles. The molecule has 1 N–H and O–H groups in total. The third-order valence-electron chi connectivity index (χ3n) is 3.30. The molecule has 0 bridgehead atoms. The Hall–Kier alpha value is -1.44. The van der Waals surface area contributed by atoms with Gasteiger partial charge in [0.25, 0.3) is 0 Å². The van der Waals surface area contributed by atoms with Crippen LogP contribution in [0.4, 0.5) is 26.3 Å². The maximum absolute atomic E-state index is 12.7. The van der Waals surface area contributed by atoms with Crippen LogP contribution in [0.25, 0.3) is 0 Å². The number of halogens is 6. The van der Waals surface area contributed by atoms with Crippen LogP contribution in [0.3, 0.4) is 0 Å². The Kier molecular flexibility index (Phi) is 4.36. The van der Waals surface area contributed by atoms with Crippen molar-refractivity contribution >= 4 is 0 Å². The molecule has 1 aromatic carbocycles. The summed E-state index contributed by atoms with van der Waals surface area (Å²) in [5, 5.41) is 2.36. The molecule has 1 saturated heterocycles. The highest BCUT2D eigenvalue weighted by atomic mass is 19.4. The molecular weight excluding hydrogens is 300 g/mol. The van der Waals surface area contributed by atoms with Crippen molar-refractivity contribution < 1.29 is 31.1 Å². The Bertz CT molecular complexity index is 484. The first kappa shape index (κ1) is 15.9. The van der Waals surface area contributed by atoms with Crippen molar-refractivity contribution in [3.63, 3.8) is 0 Å². The summed E-state index contributed by atoms with van der Waals surface area (Å²) in [6.07, 6.45) is -8.78. The first-order valence-electron chi connectivity index (χ1n) is 6.34. The minimum absolute atomic E-state index is 0.0811. The fraction of sp³-hybridized carbons (Fsp3) is 0.538. The number of benzene rings is 1. The molecule has 0 amide bonds. The fourth-order valence-corrected chi connectivity index (χ4v) is 2.43. The molecular formula is C13H13F6NO. The summed E-state index contributed by atoms with van der Waals surface area (Å²) >= 11 is 0. The van der Waals surface area contributed by atoms with Crippen LogP contribution in [0.2, 0.25) is 0 Å². The molecule has 1 aliphatic heterocycles. The zero-order valence-corrected chi connectivity index (χ0v) is 10.8. The fourth-order valence-electron chi connectivity index (χ4n) is 2.43. The maximum atomic E-state index is 12.7. The molecule has 21 heavy (non-hydrogen) atoms. The molecule has 2 rings (SSSR count). The lowest BCUT2D eigenvalue weighted by Crippen LogP contribution is -2.46. The molecule has 0 aliphatic carbocycles. The second-order valence-electron chi connectivity index (χ2n) is 4.83. The summed E-state index contributed by atoms with van der Waals surface area (Å²) in [6, 6.07) is 2.73. The quantitative estimate of drug-likeness (QED) is 0.821. The standard InChI is InChI=1S/C13H13F6NO/c14-12(15,16)11-7-3-5-9(20-11)8-4-1-2-6-10(8)21-13(17,18)19/h1-2,4,6,9,11,20H,3,5,7H2. The third-order valence-corrected chi connectivity index (χ3v) is 3.30. The monoisotopic (exact) mass is 313 g/mol. The Balaban J connectivity index is 2.21. The summed E-state index contributed by atoms with van der Waals surface area (Å²) in [4.78, 5) is 0. The van der Waals surface area contributed by atoms with E-state index in [9.17, 15) is 26.3 Å². The van der Waals surface area contributed by atoms with E-state index in [4.69, 9.17) is 0 Å². The number of nitrogens with one attached hydrogen (secondary N) is 1. The lowest BCUT2D eigenvalue weighted by molar-refractivity contribution is -0.275. The smallest absolute Gasteiger partial charge is 0.405 e. The normalized spacial score (nSPS) is 23.9. The lowest BCUT2D eigenvalue weighted by atomic mass is 9.92. The molecule has 2 unspecified atom stereocenters. The van der Waals surface area contributed by atoms with E-state index in [-0.39, 0.29) is 18.4 Å². The van der Waals surface area contributed by atoms with Crippen LogP contribution in [0.5, 0.6) is 5.75 Å². The average molecular weight is 313 g/mol. The Labute approximate surface area is 117 Å². The maximum Gasteiger partial charge on any atom is 0.573 e. The SMILES string of the molecule is FC(F)(F)Oc1ccccc1C1CCCC(C(F)(F)F)N1. The summed E-state index contributed by atoms with van der Waals surface area (Å²) in [7, 11) is 0. The largest absolute Gasteiger partial charge is 0.573 e. The predicted octanol–water partition coefficient (Wildman–Crippen LogP) is 4.33. The number of hydrogen-bond acceptors (Lipinski definition) is 2. The van der Waals surface area contributed by atoms with E-state index in [1.165, 1.54) is 18.2 Å². The zero-order valence-electron chi connectivity index (χ0n) is 10.8. The highest BCUT2D eigenvalue weighted by molar-refractivity contribution is 5.36. The topological polar surface area (TPSA) is 21.3 Å². The predicted molar refractivity (Wildman–Crippen MR) is 62.7 cm³/mol. The van der Waals surface area contributed by atoms with E-state index in [0.29, 0.717) is 6.42 Å². The van der Waals surface area contributed by atoms with Crippen LogP contribution >= 0.6 is 0 Å². The van der Waals surface area contributed by atoms with Crippen LogP contribution in [0.1, 0.15) is 30.9 Å². The lowest BCUT2D eigenvalue weighted by Gasteiger charge is -2.33. The van der Waals surface area contributed by atoms with E-state index in [0.717, 1.165) is 6.07 Å². The second kappa shape index (κ2) is 5.75. The first-order chi connectivity index (χ1) is 9.67. The van der Waals surface area contributed by atoms with Crippen molar-refractivity contribution in [1.29, 1.82) is 0 Å². The van der Waals surface area contributed by atoms with Crippen LogP contribution in [-0.4, -0.2) is 18.6 Å². The van der Waals surface area contributed by atoms with Crippen LogP contribution in [0.15, 0.2) is 24.3 Å². The Morgan fingerprint density at radius 3 is 2.29 bits per heavy atom. The highest BCUT2D eigenvalue weighted by Crippen LogP contribution is 2.37. The van der Waals surface area contributed by atoms with Gasteiger partial charge in [-0.3, -0.25) is 5.32 Å². The van der Waals surface area contributed by atoms with Gasteiger partial charge in [-0.2, -0.15) is 13.2 Å². The van der Waals surface area contributed by atoms with Gasteiger partial charge in [-0.1, -0.05) is 18.2 Å². The van der Waals surface area contributed by atoms with Crippen molar-refractivity contribution in [1.82, 2.24) is 5.32 Å². The molecule has 1 fully saturated rings. The molecule has 2 nitrogen and oxygen atoms in total. The summed E-state index contributed by atoms with van der Waals surface area (Å²) in [5.74, 6) is -0.467. The average Bonchev–Trinajstić information content (AvgIpc) is 2.37. The minimum Gasteiger partial charge on any atom is -0.405 e. The van der Waals surface area contributed by atoms with E-state index in [2.05, 4.69) is 10.1 Å².